The van der Waals surface area contributed by atoms with E-state index >= 15 is 0 Å². The largest absolute Gasteiger partial charge is 0.491 e. The van der Waals surface area contributed by atoms with Gasteiger partial charge in [0, 0.05) is 17.0 Å². The number of methoxy groups -OCH3 is 1. The van der Waals surface area contributed by atoms with Gasteiger partial charge in [-0.2, -0.15) is 5.10 Å². The van der Waals surface area contributed by atoms with Crippen LogP contribution in [0, 0.1) is 12.7 Å². The fraction of sp³-hybridized carbons (Fsp3) is 0.217. The van der Waals surface area contributed by atoms with Crippen LogP contribution in [0.2, 0.25) is 0 Å². The molecule has 0 saturated heterocycles. The van der Waals surface area contributed by atoms with Crippen molar-refractivity contribution in [2.45, 2.75) is 24.7 Å². The van der Waals surface area contributed by atoms with Crippen molar-refractivity contribution in [1.29, 1.82) is 0 Å². The maximum Gasteiger partial charge on any atom is 0.235 e. The minimum absolute atomic E-state index is 0.0146. The Morgan fingerprint density at radius 1 is 1.22 bits per heavy atom. The van der Waals surface area contributed by atoms with E-state index in [9.17, 15) is 9.18 Å². The van der Waals surface area contributed by atoms with Crippen LogP contribution >= 0.6 is 0 Å². The maximum atomic E-state index is 13.9. The number of aryl methyl sites for hydroxylation is 1. The molecule has 0 bridgehead atoms. The van der Waals surface area contributed by atoms with Crippen LogP contribution in [0.4, 0.5) is 21.7 Å². The number of anilines is 3. The number of carbonyl (C=O) groups excluding carboxylic acids is 1. The highest BCUT2D eigenvalue weighted by atomic mass is 19.1. The molecule has 4 aromatic rings. The van der Waals surface area contributed by atoms with Crippen LogP contribution in [-0.4, -0.2) is 33.2 Å². The van der Waals surface area contributed by atoms with Crippen LogP contribution < -0.4 is 15.4 Å². The zero-order valence-corrected chi connectivity index (χ0v) is 17.4. The van der Waals surface area contributed by atoms with E-state index in [0.29, 0.717) is 35.3 Å². The van der Waals surface area contributed by atoms with Crippen molar-refractivity contribution in [2.75, 3.05) is 17.7 Å². The Kier molecular flexibility index (Phi) is 3.80. The summed E-state index contributed by atoms with van der Waals surface area (Å²) >= 11 is 0. The summed E-state index contributed by atoms with van der Waals surface area (Å²) in [6, 6.07) is 10.4. The average molecular weight is 430 g/mol. The van der Waals surface area contributed by atoms with Crippen LogP contribution in [0.15, 0.2) is 42.6 Å². The summed E-state index contributed by atoms with van der Waals surface area (Å²) in [6.45, 7) is 1.80. The molecule has 3 N–H and O–H groups in total. The first-order chi connectivity index (χ1) is 15.5. The molecule has 9 heteroatoms. The summed E-state index contributed by atoms with van der Waals surface area (Å²) in [6.07, 6.45) is 2.26. The predicted molar refractivity (Wildman–Crippen MR) is 117 cm³/mol. The molecule has 6 rings (SSSR count). The van der Waals surface area contributed by atoms with E-state index in [1.54, 1.807) is 26.3 Å². The lowest BCUT2D eigenvalue weighted by molar-refractivity contribution is -0.118. The lowest BCUT2D eigenvalue weighted by Gasteiger charge is -2.10. The molecule has 1 amide bonds. The smallest absolute Gasteiger partial charge is 0.235 e. The molecular weight excluding hydrogens is 411 g/mol. The highest BCUT2D eigenvalue weighted by molar-refractivity contribution is 6.10. The van der Waals surface area contributed by atoms with Gasteiger partial charge in [-0.1, -0.05) is 6.07 Å². The predicted octanol–water partition coefficient (Wildman–Crippen LogP) is 3.93. The molecule has 2 aromatic heterocycles. The van der Waals surface area contributed by atoms with Gasteiger partial charge in [-0.25, -0.2) is 14.4 Å². The Morgan fingerprint density at radius 3 is 2.94 bits per heavy atom. The van der Waals surface area contributed by atoms with Crippen molar-refractivity contribution in [3.8, 4) is 5.75 Å². The van der Waals surface area contributed by atoms with Gasteiger partial charge in [-0.05, 0) is 54.8 Å². The third-order valence-electron chi connectivity index (χ3n) is 6.40. The monoisotopic (exact) mass is 430 g/mol. The molecule has 1 spiro atoms. The van der Waals surface area contributed by atoms with Crippen molar-refractivity contribution in [3.63, 3.8) is 0 Å². The summed E-state index contributed by atoms with van der Waals surface area (Å²) in [5.41, 5.74) is 2.58. The number of fused-ring (bicyclic) bond motifs is 3. The summed E-state index contributed by atoms with van der Waals surface area (Å²) in [4.78, 5) is 21.3. The topological polar surface area (TPSA) is 105 Å². The number of aromatic nitrogens is 4. The van der Waals surface area contributed by atoms with Gasteiger partial charge < -0.3 is 15.4 Å². The number of nitrogens with zero attached hydrogens (tertiary/aromatic N) is 3. The first-order valence-electron chi connectivity index (χ1n) is 10.2. The van der Waals surface area contributed by atoms with Gasteiger partial charge in [0.1, 0.15) is 11.6 Å². The van der Waals surface area contributed by atoms with Crippen LogP contribution in [0.25, 0.3) is 10.9 Å². The van der Waals surface area contributed by atoms with E-state index < -0.39 is 5.41 Å². The van der Waals surface area contributed by atoms with Crippen molar-refractivity contribution >= 4 is 34.1 Å². The highest BCUT2D eigenvalue weighted by Crippen LogP contribution is 2.65. The number of carbonyl (C=O) groups is 1. The van der Waals surface area contributed by atoms with Crippen molar-refractivity contribution < 1.29 is 13.9 Å². The van der Waals surface area contributed by atoms with Crippen molar-refractivity contribution in [3.05, 3.63) is 65.4 Å². The van der Waals surface area contributed by atoms with Gasteiger partial charge in [0.15, 0.2) is 17.4 Å². The number of benzene rings is 2. The molecule has 1 saturated carbocycles. The third kappa shape index (κ3) is 2.60. The number of H-pyrrole nitrogens is 1. The molecule has 1 aliphatic carbocycles. The standard InChI is InChI=1S/C23H19FN6O2/c1-11-25-10-19(32-2)21(26-11)28-20-14-5-3-12(7-18(14)29-30-20)16-9-23(16)15-8-13(24)4-6-17(15)27-22(23)31/h3-8,10,16H,9H2,1-2H3,(H,27,31)(H2,25,26,28,29,30)/t16-,23-/m0/s1. The fourth-order valence-corrected chi connectivity index (χ4v) is 4.72. The Morgan fingerprint density at radius 2 is 2.09 bits per heavy atom. The Bertz CT molecular complexity index is 1420. The number of halogens is 1. The van der Waals surface area contributed by atoms with Gasteiger partial charge in [0.2, 0.25) is 5.91 Å². The van der Waals surface area contributed by atoms with Crippen LogP contribution in [0.1, 0.15) is 29.3 Å². The van der Waals surface area contributed by atoms with Gasteiger partial charge >= 0.3 is 0 Å². The van der Waals surface area contributed by atoms with E-state index in [-0.39, 0.29) is 17.6 Å². The number of nitrogens with one attached hydrogen (secondary N) is 3. The molecule has 3 heterocycles. The number of amides is 1. The maximum absolute atomic E-state index is 13.9. The summed E-state index contributed by atoms with van der Waals surface area (Å²) in [5, 5.41) is 14.4. The highest BCUT2D eigenvalue weighted by Gasteiger charge is 2.65. The second-order valence-corrected chi connectivity index (χ2v) is 8.21. The number of ether oxygens (including phenoxy) is 1. The molecule has 1 aliphatic heterocycles. The lowest BCUT2D eigenvalue weighted by Crippen LogP contribution is -2.21. The molecule has 2 aromatic carbocycles. The quantitative estimate of drug-likeness (QED) is 0.453. The lowest BCUT2D eigenvalue weighted by atomic mass is 9.92. The first kappa shape index (κ1) is 18.7. The van der Waals surface area contributed by atoms with Gasteiger partial charge in [-0.3, -0.25) is 9.89 Å². The first-order valence-corrected chi connectivity index (χ1v) is 10.2. The molecule has 32 heavy (non-hydrogen) atoms. The molecule has 1 fully saturated rings. The zero-order chi connectivity index (χ0) is 22.0. The summed E-state index contributed by atoms with van der Waals surface area (Å²) in [5.74, 6) is 1.85. The molecular formula is C23H19FN6O2. The Labute approximate surface area is 182 Å². The normalized spacial score (nSPS) is 21.0. The van der Waals surface area contributed by atoms with Crippen LogP contribution in [0.3, 0.4) is 0 Å². The van der Waals surface area contributed by atoms with Gasteiger partial charge in [0.25, 0.3) is 0 Å². The van der Waals surface area contributed by atoms with Crippen LogP contribution in [0.5, 0.6) is 5.75 Å². The van der Waals surface area contributed by atoms with E-state index in [2.05, 4.69) is 30.8 Å². The Balaban J connectivity index is 1.33. The molecule has 160 valence electrons. The van der Waals surface area contributed by atoms with Crippen molar-refractivity contribution in [2.24, 2.45) is 0 Å². The fourth-order valence-electron chi connectivity index (χ4n) is 4.72. The van der Waals surface area contributed by atoms with E-state index in [1.807, 2.05) is 18.2 Å². The zero-order valence-electron chi connectivity index (χ0n) is 17.4. The summed E-state index contributed by atoms with van der Waals surface area (Å²) in [7, 11) is 1.56. The van der Waals surface area contributed by atoms with Crippen LogP contribution in [-0.2, 0) is 10.2 Å². The number of rotatable bonds is 4. The molecule has 0 unspecified atom stereocenters. The molecule has 8 nitrogen and oxygen atoms in total. The number of hydrogen-bond acceptors (Lipinski definition) is 6. The SMILES string of the molecule is COc1cnc(C)nc1Nc1n[nH]c2cc([C@@H]3C[C@@]34C(=O)Nc3ccc(F)cc34)ccc12. The second kappa shape index (κ2) is 6.49. The van der Waals surface area contributed by atoms with E-state index in [1.165, 1.54) is 12.1 Å². The number of aromatic amines is 1. The van der Waals surface area contributed by atoms with E-state index in [4.69, 9.17) is 4.74 Å². The molecule has 2 aliphatic rings. The molecule has 2 atom stereocenters. The average Bonchev–Trinajstić information content (AvgIpc) is 3.34. The number of hydrogen-bond donors (Lipinski definition) is 3. The van der Waals surface area contributed by atoms with Gasteiger partial charge in [0.05, 0.1) is 24.2 Å². The Hall–Kier alpha value is -4.01. The minimum atomic E-state index is -0.696. The van der Waals surface area contributed by atoms with Gasteiger partial charge in [-0.15, -0.1) is 0 Å². The third-order valence-corrected chi connectivity index (χ3v) is 6.40. The summed E-state index contributed by atoms with van der Waals surface area (Å²) < 4.78 is 19.2. The van der Waals surface area contributed by atoms with E-state index in [0.717, 1.165) is 22.0 Å². The molecule has 0 radical (unpaired) electrons. The van der Waals surface area contributed by atoms with Crippen molar-refractivity contribution in [1.82, 2.24) is 20.2 Å². The minimum Gasteiger partial charge on any atom is -0.491 e. The second-order valence-electron chi connectivity index (χ2n) is 8.21.